The van der Waals surface area contributed by atoms with Gasteiger partial charge in [-0.1, -0.05) is 18.5 Å². The third-order valence-corrected chi connectivity index (χ3v) is 2.84. The molecule has 0 aliphatic rings. The molecule has 1 aromatic heterocycles. The molecule has 5 nitrogen and oxygen atoms in total. The highest BCUT2D eigenvalue weighted by Gasteiger charge is 2.07. The van der Waals surface area contributed by atoms with Gasteiger partial charge in [-0.25, -0.2) is 14.8 Å². The summed E-state index contributed by atoms with van der Waals surface area (Å²) in [5, 5.41) is 9.39. The number of nitrogens with zero attached hydrogens (tertiary/aromatic N) is 2. The first-order valence-electron chi connectivity index (χ1n) is 5.61. The van der Waals surface area contributed by atoms with E-state index in [1.165, 1.54) is 6.20 Å². The quantitative estimate of drug-likeness (QED) is 0.930. The van der Waals surface area contributed by atoms with Crippen molar-refractivity contribution in [3.63, 3.8) is 0 Å². The monoisotopic (exact) mass is 278 g/mol. The molecule has 2 aromatic rings. The number of hydrogen-bond donors (Lipinski definition) is 1. The molecule has 0 aliphatic heterocycles. The number of aromatic nitrogens is 2. The number of rotatable bonds is 4. The number of carboxylic acids is 1. The van der Waals surface area contributed by atoms with E-state index in [0.29, 0.717) is 10.8 Å². The van der Waals surface area contributed by atoms with Gasteiger partial charge in [0.25, 0.3) is 0 Å². The lowest BCUT2D eigenvalue weighted by Gasteiger charge is -2.07. The van der Waals surface area contributed by atoms with Crippen LogP contribution in [-0.4, -0.2) is 21.0 Å². The Kier molecular flexibility index (Phi) is 3.97. The Morgan fingerprint density at radius 2 is 2.16 bits per heavy atom. The second-order valence-corrected chi connectivity index (χ2v) is 4.16. The summed E-state index contributed by atoms with van der Waals surface area (Å²) in [7, 11) is 0. The maximum Gasteiger partial charge on any atom is 0.356 e. The summed E-state index contributed by atoms with van der Waals surface area (Å²) in [4.78, 5) is 18.2. The van der Waals surface area contributed by atoms with Gasteiger partial charge in [0.05, 0.1) is 12.4 Å². The number of carboxylic acid groups (broad SMARTS) is 1. The number of benzene rings is 1. The van der Waals surface area contributed by atoms with Crippen LogP contribution < -0.4 is 4.74 Å². The Morgan fingerprint density at radius 1 is 1.37 bits per heavy atom. The zero-order valence-corrected chi connectivity index (χ0v) is 10.9. The van der Waals surface area contributed by atoms with E-state index in [0.717, 1.165) is 18.2 Å². The number of aryl methyl sites for hydroxylation is 1. The number of carbonyl (C=O) groups is 1. The fourth-order valence-electron chi connectivity index (χ4n) is 1.49. The van der Waals surface area contributed by atoms with Crippen LogP contribution >= 0.6 is 11.6 Å². The Labute approximate surface area is 114 Å². The number of halogens is 1. The lowest BCUT2D eigenvalue weighted by Crippen LogP contribution is -2.01. The second kappa shape index (κ2) is 5.67. The molecule has 0 unspecified atom stereocenters. The molecule has 98 valence electrons. The van der Waals surface area contributed by atoms with Crippen LogP contribution in [0, 0.1) is 0 Å². The molecule has 19 heavy (non-hydrogen) atoms. The van der Waals surface area contributed by atoms with Gasteiger partial charge in [-0.15, -0.1) is 0 Å². The fraction of sp³-hybridized carbons (Fsp3) is 0.154. The smallest absolute Gasteiger partial charge is 0.356 e. The summed E-state index contributed by atoms with van der Waals surface area (Å²) in [5.41, 5.74) is 0.840. The van der Waals surface area contributed by atoms with Gasteiger partial charge in [0, 0.05) is 5.02 Å². The maximum absolute atomic E-state index is 10.6. The van der Waals surface area contributed by atoms with Crippen LogP contribution in [0.2, 0.25) is 5.02 Å². The van der Waals surface area contributed by atoms with Crippen molar-refractivity contribution >= 4 is 17.6 Å². The highest BCUT2D eigenvalue weighted by Crippen LogP contribution is 2.25. The summed E-state index contributed by atoms with van der Waals surface area (Å²) in [6, 6.07) is 5.28. The number of ether oxygens (including phenoxy) is 1. The molecule has 0 saturated heterocycles. The fourth-order valence-corrected chi connectivity index (χ4v) is 1.74. The average molecular weight is 279 g/mol. The van der Waals surface area contributed by atoms with E-state index in [-0.39, 0.29) is 11.6 Å². The standard InChI is InChI=1S/C13H11ClN2O3/c1-2-8-5-9(3-4-10(8)14)19-12-7-15-11(6-16-12)13(17)18/h3-7H,2H2,1H3,(H,17,18). The second-order valence-electron chi connectivity index (χ2n) is 3.75. The van der Waals surface area contributed by atoms with E-state index >= 15 is 0 Å². The molecule has 0 spiro atoms. The lowest BCUT2D eigenvalue weighted by atomic mass is 10.1. The zero-order valence-electron chi connectivity index (χ0n) is 10.1. The molecule has 2 rings (SSSR count). The SMILES string of the molecule is CCc1cc(Oc2cnc(C(=O)O)cn2)ccc1Cl. The molecule has 0 bridgehead atoms. The first-order valence-corrected chi connectivity index (χ1v) is 5.99. The van der Waals surface area contributed by atoms with Crippen LogP contribution in [0.25, 0.3) is 0 Å². The maximum atomic E-state index is 10.6. The van der Waals surface area contributed by atoms with Gasteiger partial charge in [0.15, 0.2) is 5.69 Å². The van der Waals surface area contributed by atoms with E-state index in [1.807, 2.05) is 13.0 Å². The minimum Gasteiger partial charge on any atom is -0.476 e. The molecular formula is C13H11ClN2O3. The van der Waals surface area contributed by atoms with Crippen LogP contribution in [0.3, 0.4) is 0 Å². The van der Waals surface area contributed by atoms with Crippen LogP contribution in [0.5, 0.6) is 11.6 Å². The number of aromatic carboxylic acids is 1. The molecular weight excluding hydrogens is 268 g/mol. The summed E-state index contributed by atoms with van der Waals surface area (Å²) in [5.74, 6) is -0.313. The number of hydrogen-bond acceptors (Lipinski definition) is 4. The van der Waals surface area contributed by atoms with Gasteiger partial charge in [-0.05, 0) is 30.2 Å². The Morgan fingerprint density at radius 3 is 2.74 bits per heavy atom. The average Bonchev–Trinajstić information content (AvgIpc) is 2.41. The molecule has 0 saturated carbocycles. The summed E-state index contributed by atoms with van der Waals surface area (Å²) < 4.78 is 5.49. The molecule has 0 aliphatic carbocycles. The summed E-state index contributed by atoms with van der Waals surface area (Å²) in [6.07, 6.45) is 3.21. The van der Waals surface area contributed by atoms with Crippen LogP contribution in [0.1, 0.15) is 23.0 Å². The van der Waals surface area contributed by atoms with Crippen LogP contribution in [0.15, 0.2) is 30.6 Å². The van der Waals surface area contributed by atoms with Gasteiger partial charge >= 0.3 is 5.97 Å². The minimum atomic E-state index is -1.13. The first-order chi connectivity index (χ1) is 9.10. The summed E-state index contributed by atoms with van der Waals surface area (Å²) in [6.45, 7) is 1.99. The molecule has 1 N–H and O–H groups in total. The van der Waals surface area contributed by atoms with Gasteiger partial charge in [0.2, 0.25) is 5.88 Å². The van der Waals surface area contributed by atoms with Crippen molar-refractivity contribution in [1.29, 1.82) is 0 Å². The normalized spacial score (nSPS) is 10.2. The third kappa shape index (κ3) is 3.20. The minimum absolute atomic E-state index is 0.127. The van der Waals surface area contributed by atoms with E-state index < -0.39 is 5.97 Å². The Hall–Kier alpha value is -2.14. The molecule has 6 heteroatoms. The van der Waals surface area contributed by atoms with Crippen molar-refractivity contribution < 1.29 is 14.6 Å². The predicted molar refractivity (Wildman–Crippen MR) is 69.9 cm³/mol. The predicted octanol–water partition coefficient (Wildman–Crippen LogP) is 3.18. The van der Waals surface area contributed by atoms with E-state index in [9.17, 15) is 4.79 Å². The highest BCUT2D eigenvalue weighted by atomic mass is 35.5. The highest BCUT2D eigenvalue weighted by molar-refractivity contribution is 6.31. The van der Waals surface area contributed by atoms with Gasteiger partial charge < -0.3 is 9.84 Å². The largest absolute Gasteiger partial charge is 0.476 e. The van der Waals surface area contributed by atoms with Crippen molar-refractivity contribution in [2.24, 2.45) is 0 Å². The van der Waals surface area contributed by atoms with Crippen molar-refractivity contribution in [2.45, 2.75) is 13.3 Å². The molecule has 1 aromatic carbocycles. The van der Waals surface area contributed by atoms with Gasteiger partial charge in [-0.2, -0.15) is 0 Å². The Bertz CT molecular complexity index is 599. The lowest BCUT2D eigenvalue weighted by molar-refractivity contribution is 0.0690. The van der Waals surface area contributed by atoms with E-state index in [2.05, 4.69) is 9.97 Å². The molecule has 0 amide bonds. The molecule has 0 fully saturated rings. The molecule has 0 atom stereocenters. The van der Waals surface area contributed by atoms with Crippen molar-refractivity contribution in [1.82, 2.24) is 9.97 Å². The van der Waals surface area contributed by atoms with E-state index in [1.54, 1.807) is 12.1 Å². The van der Waals surface area contributed by atoms with Crippen molar-refractivity contribution in [3.05, 3.63) is 46.9 Å². The van der Waals surface area contributed by atoms with Gasteiger partial charge in [0.1, 0.15) is 5.75 Å². The van der Waals surface area contributed by atoms with Gasteiger partial charge in [-0.3, -0.25) is 0 Å². The van der Waals surface area contributed by atoms with Crippen LogP contribution in [0.4, 0.5) is 0 Å². The summed E-state index contributed by atoms with van der Waals surface area (Å²) >= 11 is 6.01. The topological polar surface area (TPSA) is 72.3 Å². The van der Waals surface area contributed by atoms with Crippen molar-refractivity contribution in [2.75, 3.05) is 0 Å². The molecule has 0 radical (unpaired) electrons. The van der Waals surface area contributed by atoms with Crippen molar-refractivity contribution in [3.8, 4) is 11.6 Å². The first kappa shape index (κ1) is 13.3. The zero-order chi connectivity index (χ0) is 13.8. The van der Waals surface area contributed by atoms with E-state index in [4.69, 9.17) is 21.4 Å². The third-order valence-electron chi connectivity index (χ3n) is 2.47. The van der Waals surface area contributed by atoms with Crippen LogP contribution in [-0.2, 0) is 6.42 Å². The Balaban J connectivity index is 2.19. The molecule has 1 heterocycles.